The number of aromatic nitrogens is 4. The first-order valence-electron chi connectivity index (χ1n) is 11.3. The summed E-state index contributed by atoms with van der Waals surface area (Å²) in [6, 6.07) is 0. The standard InChI is InChI=1S/C21H29FN5O4PS2.H2S/c1-10(2)12-5-6-21(4)14(7-12)31-32(33,34-21)29-8-13-11(3)15(22)19(30-13)27-9-24-16-17(27)25-20(23)26-18(16)28;/h9,11-15,19H,1,5-8H2,2-4H3,(H3,23,25,26,28);1H2/t11-,12-,13-,14+,15-,19-,21+,32+;/m1./s1. The molecular formula is C21H31FN5O4PS3. The predicted octanol–water partition coefficient (Wildman–Crippen LogP) is 4.19. The highest BCUT2D eigenvalue weighted by Crippen LogP contribution is 2.75. The molecule has 2 aliphatic heterocycles. The summed E-state index contributed by atoms with van der Waals surface area (Å²) >= 11 is 7.47. The third kappa shape index (κ3) is 4.85. The first-order valence-corrected chi connectivity index (χ1v) is 15.4. The molecule has 1 saturated carbocycles. The molecule has 0 amide bonds. The summed E-state index contributed by atoms with van der Waals surface area (Å²) in [5, 5.41) is 0. The number of imidazole rings is 1. The Balaban J connectivity index is 0.00000289. The molecule has 8 atom stereocenters. The van der Waals surface area contributed by atoms with Crippen LogP contribution in [-0.2, 0) is 25.6 Å². The molecule has 0 aromatic carbocycles. The van der Waals surface area contributed by atoms with Gasteiger partial charge in [0.2, 0.25) is 11.6 Å². The summed E-state index contributed by atoms with van der Waals surface area (Å²) in [6.45, 7) is 10.3. The second kappa shape index (κ2) is 9.74. The zero-order valence-corrected chi connectivity index (χ0v) is 23.3. The van der Waals surface area contributed by atoms with Crippen molar-refractivity contribution in [2.75, 3.05) is 12.3 Å². The Kier molecular flexibility index (Phi) is 7.54. The number of rotatable bonds is 5. The van der Waals surface area contributed by atoms with Crippen LogP contribution in [0.25, 0.3) is 11.2 Å². The Morgan fingerprint density at radius 3 is 3.03 bits per heavy atom. The first-order chi connectivity index (χ1) is 16.0. The maximum atomic E-state index is 15.3. The van der Waals surface area contributed by atoms with Crippen molar-refractivity contribution >= 4 is 59.5 Å². The summed E-state index contributed by atoms with van der Waals surface area (Å²) in [5.74, 6) is -0.106. The SMILES string of the molecule is C=C(C)[C@@H]1CC[C@]2(C)S[P@@](=S)(OC[C@H]3O[C@@H](n4cnc5c(=O)[nH]c(N)nc54)[C@H](F)[C@@H]3C)O[C@H]2C1.S. The Hall–Kier alpha value is -0.950. The van der Waals surface area contributed by atoms with E-state index in [1.165, 1.54) is 16.5 Å². The predicted molar refractivity (Wildman–Crippen MR) is 144 cm³/mol. The molecule has 3 aliphatic rings. The minimum Gasteiger partial charge on any atom is -0.369 e. The van der Waals surface area contributed by atoms with Crippen LogP contribution >= 0.6 is 30.6 Å². The van der Waals surface area contributed by atoms with Gasteiger partial charge in [-0.05, 0) is 50.8 Å². The molecule has 0 unspecified atom stereocenters. The molecule has 9 nitrogen and oxygen atoms in total. The van der Waals surface area contributed by atoms with E-state index in [2.05, 4.69) is 35.4 Å². The number of nitrogen functional groups attached to an aromatic ring is 1. The van der Waals surface area contributed by atoms with Crippen LogP contribution in [0.2, 0.25) is 0 Å². The smallest absolute Gasteiger partial charge is 0.280 e. The van der Waals surface area contributed by atoms with Crippen molar-refractivity contribution in [3.63, 3.8) is 0 Å². The summed E-state index contributed by atoms with van der Waals surface area (Å²) in [7, 11) is 0. The first kappa shape index (κ1) is 27.1. The van der Waals surface area contributed by atoms with Crippen molar-refractivity contribution in [2.45, 2.75) is 69.4 Å². The van der Waals surface area contributed by atoms with E-state index in [1.807, 2.05) is 0 Å². The van der Waals surface area contributed by atoms with E-state index in [-0.39, 0.29) is 48.1 Å². The monoisotopic (exact) mass is 563 g/mol. The highest BCUT2D eigenvalue weighted by Gasteiger charge is 2.54. The molecule has 5 rings (SSSR count). The van der Waals surface area contributed by atoms with E-state index >= 15 is 4.39 Å². The third-order valence-corrected chi connectivity index (χ3v) is 13.1. The molecule has 194 valence electrons. The van der Waals surface area contributed by atoms with Gasteiger partial charge >= 0.3 is 0 Å². The number of alkyl halides is 1. The molecule has 14 heteroatoms. The van der Waals surface area contributed by atoms with Gasteiger partial charge in [-0.1, -0.05) is 30.5 Å². The van der Waals surface area contributed by atoms with Gasteiger partial charge in [-0.15, -0.1) is 0 Å². The number of anilines is 1. The lowest BCUT2D eigenvalue weighted by atomic mass is 9.77. The minimum atomic E-state index is -2.60. The van der Waals surface area contributed by atoms with Gasteiger partial charge in [0.15, 0.2) is 23.6 Å². The van der Waals surface area contributed by atoms with Gasteiger partial charge in [0.1, 0.15) is 0 Å². The molecule has 35 heavy (non-hydrogen) atoms. The number of hydrogen-bond acceptors (Lipinski definition) is 9. The number of ether oxygens (including phenoxy) is 1. The van der Waals surface area contributed by atoms with Crippen molar-refractivity contribution in [3.05, 3.63) is 28.8 Å². The van der Waals surface area contributed by atoms with Crippen LogP contribution in [0.1, 0.15) is 46.3 Å². The summed E-state index contributed by atoms with van der Waals surface area (Å²) in [6.07, 6.45) is 1.43. The number of fused-ring (bicyclic) bond motifs is 2. The number of aromatic amines is 1. The number of allylic oxidation sites excluding steroid dienone is 1. The quantitative estimate of drug-likeness (QED) is 0.408. The van der Waals surface area contributed by atoms with Crippen LogP contribution in [0.4, 0.5) is 10.3 Å². The van der Waals surface area contributed by atoms with Gasteiger partial charge in [-0.2, -0.15) is 18.5 Å². The van der Waals surface area contributed by atoms with Crippen LogP contribution < -0.4 is 11.3 Å². The second-order valence-corrected chi connectivity index (χ2v) is 16.3. The molecular weight excluding hydrogens is 532 g/mol. The highest BCUT2D eigenvalue weighted by atomic mass is 32.9. The van der Waals surface area contributed by atoms with Crippen LogP contribution in [0.3, 0.4) is 0 Å². The lowest BCUT2D eigenvalue weighted by Gasteiger charge is -2.37. The second-order valence-electron chi connectivity index (χ2n) is 9.70. The van der Waals surface area contributed by atoms with Gasteiger partial charge in [0.05, 0.1) is 25.1 Å². The third-order valence-electron chi connectivity index (χ3n) is 7.24. The average Bonchev–Trinajstić information content (AvgIpc) is 3.38. The fourth-order valence-corrected chi connectivity index (χ4v) is 12.1. The van der Waals surface area contributed by atoms with Gasteiger partial charge < -0.3 is 19.5 Å². The molecule has 2 aromatic heterocycles. The van der Waals surface area contributed by atoms with Crippen molar-refractivity contribution in [1.29, 1.82) is 0 Å². The highest BCUT2D eigenvalue weighted by molar-refractivity contribution is 8.68. The molecule has 2 aromatic rings. The van der Waals surface area contributed by atoms with E-state index in [9.17, 15) is 4.79 Å². The fraction of sp³-hybridized carbons (Fsp3) is 0.667. The zero-order chi connectivity index (χ0) is 24.4. The molecule has 3 fully saturated rings. The van der Waals surface area contributed by atoms with Crippen LogP contribution in [0.5, 0.6) is 0 Å². The fourth-order valence-electron chi connectivity index (χ4n) is 4.99. The number of hydrogen-bond donors (Lipinski definition) is 2. The molecule has 3 N–H and O–H groups in total. The van der Waals surface area contributed by atoms with Gasteiger partial charge in [-0.3, -0.25) is 14.3 Å². The lowest BCUT2D eigenvalue weighted by Crippen LogP contribution is -2.39. The average molecular weight is 564 g/mol. The van der Waals surface area contributed by atoms with E-state index < -0.39 is 35.7 Å². The minimum absolute atomic E-state index is 0. The number of nitrogens with one attached hydrogen (secondary N) is 1. The molecule has 0 spiro atoms. The van der Waals surface area contributed by atoms with Crippen molar-refractivity contribution in [1.82, 2.24) is 19.5 Å². The Labute approximate surface area is 219 Å². The van der Waals surface area contributed by atoms with Gasteiger partial charge in [-0.25, -0.2) is 9.37 Å². The van der Waals surface area contributed by atoms with Crippen LogP contribution in [0.15, 0.2) is 23.3 Å². The topological polar surface area (TPSA) is 117 Å². The van der Waals surface area contributed by atoms with Crippen molar-refractivity contribution in [3.8, 4) is 0 Å². The van der Waals surface area contributed by atoms with E-state index in [0.717, 1.165) is 19.3 Å². The lowest BCUT2D eigenvalue weighted by molar-refractivity contribution is -0.0343. The van der Waals surface area contributed by atoms with Gasteiger partial charge in [0, 0.05) is 10.7 Å². The van der Waals surface area contributed by atoms with E-state index in [0.29, 0.717) is 5.92 Å². The largest absolute Gasteiger partial charge is 0.369 e. The maximum Gasteiger partial charge on any atom is 0.280 e. The number of halogens is 1. The normalized spacial score (nSPS) is 38.9. The van der Waals surface area contributed by atoms with E-state index in [4.69, 9.17) is 31.3 Å². The molecule has 2 saturated heterocycles. The Bertz CT molecular complexity index is 1240. The molecule has 0 radical (unpaired) electrons. The summed E-state index contributed by atoms with van der Waals surface area (Å²) < 4.78 is 35.2. The zero-order valence-electron chi connectivity index (χ0n) is 19.8. The maximum absolute atomic E-state index is 15.3. The molecule has 1 aliphatic carbocycles. The summed E-state index contributed by atoms with van der Waals surface area (Å²) in [4.78, 5) is 22.6. The van der Waals surface area contributed by atoms with Crippen molar-refractivity contribution < 1.29 is 18.2 Å². The van der Waals surface area contributed by atoms with E-state index in [1.54, 1.807) is 18.3 Å². The van der Waals surface area contributed by atoms with Gasteiger partial charge in [0.25, 0.3) is 5.56 Å². The Morgan fingerprint density at radius 2 is 2.31 bits per heavy atom. The van der Waals surface area contributed by atoms with Crippen LogP contribution in [0, 0.1) is 11.8 Å². The molecule has 0 bridgehead atoms. The number of nitrogens with two attached hydrogens (primary N) is 1. The van der Waals surface area contributed by atoms with Crippen LogP contribution in [-0.4, -0.2) is 49.3 Å². The Morgan fingerprint density at radius 1 is 1.57 bits per heavy atom. The number of H-pyrrole nitrogens is 1. The molecule has 4 heterocycles. The number of nitrogens with zero attached hydrogens (tertiary/aromatic N) is 3. The summed E-state index contributed by atoms with van der Waals surface area (Å²) in [5.41, 5.74) is 4.00. The van der Waals surface area contributed by atoms with Crippen molar-refractivity contribution in [2.24, 2.45) is 11.8 Å².